The van der Waals surface area contributed by atoms with Crippen LogP contribution in [0.4, 0.5) is 4.39 Å². The van der Waals surface area contributed by atoms with Crippen LogP contribution in [0.5, 0.6) is 0 Å². The lowest BCUT2D eigenvalue weighted by atomic mass is 10.1. The fourth-order valence-corrected chi connectivity index (χ4v) is 1.69. The molecule has 0 aliphatic rings. The van der Waals surface area contributed by atoms with Crippen LogP contribution in [0.2, 0.25) is 0 Å². The van der Waals surface area contributed by atoms with Crippen LogP contribution >= 0.6 is 12.4 Å². The van der Waals surface area contributed by atoms with Crippen LogP contribution < -0.4 is 5.32 Å². The van der Waals surface area contributed by atoms with Crippen LogP contribution in [0.3, 0.4) is 0 Å². The summed E-state index contributed by atoms with van der Waals surface area (Å²) in [6, 6.07) is 4.95. The third-order valence-electron chi connectivity index (χ3n) is 2.74. The van der Waals surface area contributed by atoms with Gasteiger partial charge in [-0.3, -0.25) is 0 Å². The van der Waals surface area contributed by atoms with Crippen molar-refractivity contribution in [2.24, 2.45) is 0 Å². The summed E-state index contributed by atoms with van der Waals surface area (Å²) in [5.41, 5.74) is 1.44. The fourth-order valence-electron chi connectivity index (χ4n) is 1.69. The van der Waals surface area contributed by atoms with Crippen molar-refractivity contribution in [1.82, 2.24) is 15.5 Å². The van der Waals surface area contributed by atoms with Gasteiger partial charge in [-0.25, -0.2) is 4.39 Å². The molecule has 1 N–H and O–H groups in total. The molecular formula is C13H17ClFN3O. The summed E-state index contributed by atoms with van der Waals surface area (Å²) in [7, 11) is 1.88. The average Bonchev–Trinajstić information content (AvgIpc) is 2.76. The quantitative estimate of drug-likeness (QED) is 0.938. The van der Waals surface area contributed by atoms with Crippen LogP contribution in [-0.4, -0.2) is 23.2 Å². The molecule has 0 radical (unpaired) electrons. The molecule has 2 aromatic rings. The maximum atomic E-state index is 13.3. The topological polar surface area (TPSA) is 51.0 Å². The zero-order chi connectivity index (χ0) is 13.1. The Morgan fingerprint density at radius 3 is 2.74 bits per heavy atom. The Morgan fingerprint density at radius 2 is 2.11 bits per heavy atom. The van der Waals surface area contributed by atoms with E-state index in [-0.39, 0.29) is 24.3 Å². The second kappa shape index (κ2) is 6.63. The smallest absolute Gasteiger partial charge is 0.258 e. The summed E-state index contributed by atoms with van der Waals surface area (Å²) in [5, 5.41) is 6.99. The summed E-state index contributed by atoms with van der Waals surface area (Å²) in [5.74, 6) is 0.679. The van der Waals surface area contributed by atoms with Gasteiger partial charge in [0, 0.05) is 18.0 Å². The molecule has 0 saturated heterocycles. The first-order chi connectivity index (χ1) is 8.58. The van der Waals surface area contributed by atoms with Gasteiger partial charge in [0.25, 0.3) is 5.89 Å². The molecule has 0 aliphatic heterocycles. The highest BCUT2D eigenvalue weighted by Crippen LogP contribution is 2.20. The Hall–Kier alpha value is -1.46. The van der Waals surface area contributed by atoms with Crippen molar-refractivity contribution in [3.05, 3.63) is 35.4 Å². The molecule has 104 valence electrons. The number of aromatic nitrogens is 2. The number of hydrogen-bond acceptors (Lipinski definition) is 4. The molecule has 1 unspecified atom stereocenters. The molecule has 1 aromatic carbocycles. The van der Waals surface area contributed by atoms with E-state index >= 15 is 0 Å². The van der Waals surface area contributed by atoms with E-state index in [0.29, 0.717) is 23.7 Å². The zero-order valence-electron chi connectivity index (χ0n) is 11.1. The lowest BCUT2D eigenvalue weighted by Crippen LogP contribution is -2.24. The summed E-state index contributed by atoms with van der Waals surface area (Å²) >= 11 is 0. The largest absolute Gasteiger partial charge is 0.334 e. The second-order valence-corrected chi connectivity index (χ2v) is 4.43. The standard InChI is InChI=1S/C13H16FN3O.ClH/c1-8-4-10(7-11(14)5-8)13-16-12(17-18-13)6-9(2)15-3;/h4-5,7,9,15H,6H2,1-3H3;1H. The van der Waals surface area contributed by atoms with Crippen LogP contribution in [0.15, 0.2) is 22.7 Å². The summed E-state index contributed by atoms with van der Waals surface area (Å²) in [4.78, 5) is 4.27. The van der Waals surface area contributed by atoms with Crippen molar-refractivity contribution >= 4 is 12.4 Å². The van der Waals surface area contributed by atoms with E-state index < -0.39 is 0 Å². The molecule has 1 heterocycles. The molecule has 0 spiro atoms. The Labute approximate surface area is 117 Å². The van der Waals surface area contributed by atoms with E-state index in [4.69, 9.17) is 4.52 Å². The van der Waals surface area contributed by atoms with Crippen molar-refractivity contribution in [2.45, 2.75) is 26.3 Å². The first kappa shape index (κ1) is 15.6. The molecule has 0 aliphatic carbocycles. The normalized spacial score (nSPS) is 12.0. The minimum absolute atomic E-state index is 0. The molecule has 0 bridgehead atoms. The monoisotopic (exact) mass is 285 g/mol. The lowest BCUT2D eigenvalue weighted by Gasteiger charge is -2.04. The van der Waals surface area contributed by atoms with E-state index in [9.17, 15) is 4.39 Å². The van der Waals surface area contributed by atoms with Crippen LogP contribution in [0.25, 0.3) is 11.5 Å². The van der Waals surface area contributed by atoms with Crippen molar-refractivity contribution in [3.8, 4) is 11.5 Å². The Bertz CT molecular complexity index is 524. The molecule has 0 saturated carbocycles. The van der Waals surface area contributed by atoms with Gasteiger partial charge < -0.3 is 9.84 Å². The SMILES string of the molecule is CNC(C)Cc1noc(-c2cc(C)cc(F)c2)n1.Cl. The van der Waals surface area contributed by atoms with Crippen molar-refractivity contribution < 1.29 is 8.91 Å². The maximum Gasteiger partial charge on any atom is 0.258 e. The third kappa shape index (κ3) is 4.01. The van der Waals surface area contributed by atoms with E-state index in [1.54, 1.807) is 0 Å². The fraction of sp³-hybridized carbons (Fsp3) is 0.385. The summed E-state index contributed by atoms with van der Waals surface area (Å²) < 4.78 is 18.4. The van der Waals surface area contributed by atoms with Gasteiger partial charge in [0.05, 0.1) is 0 Å². The minimum atomic E-state index is -0.298. The molecule has 1 atom stereocenters. The van der Waals surface area contributed by atoms with E-state index in [0.717, 1.165) is 5.56 Å². The number of halogens is 2. The number of rotatable bonds is 4. The summed E-state index contributed by atoms with van der Waals surface area (Å²) in [6.07, 6.45) is 0.675. The van der Waals surface area contributed by atoms with E-state index in [1.165, 1.54) is 12.1 Å². The molecule has 0 amide bonds. The highest BCUT2D eigenvalue weighted by Gasteiger charge is 2.12. The number of benzene rings is 1. The van der Waals surface area contributed by atoms with Crippen molar-refractivity contribution in [3.63, 3.8) is 0 Å². The number of nitrogens with one attached hydrogen (secondary N) is 1. The van der Waals surface area contributed by atoms with Gasteiger partial charge >= 0.3 is 0 Å². The van der Waals surface area contributed by atoms with E-state index in [2.05, 4.69) is 15.5 Å². The van der Waals surface area contributed by atoms with Gasteiger partial charge in [0.1, 0.15) is 5.82 Å². The van der Waals surface area contributed by atoms with Crippen LogP contribution in [0.1, 0.15) is 18.3 Å². The van der Waals surface area contributed by atoms with Gasteiger partial charge in [0.2, 0.25) is 0 Å². The van der Waals surface area contributed by atoms with Gasteiger partial charge in [-0.05, 0) is 44.7 Å². The predicted molar refractivity (Wildman–Crippen MR) is 73.9 cm³/mol. The number of likely N-dealkylation sites (N-methyl/N-ethyl adjacent to an activating group) is 1. The lowest BCUT2D eigenvalue weighted by molar-refractivity contribution is 0.418. The number of aryl methyl sites for hydroxylation is 1. The molecule has 2 rings (SSSR count). The highest BCUT2D eigenvalue weighted by molar-refractivity contribution is 5.85. The van der Waals surface area contributed by atoms with Crippen molar-refractivity contribution in [1.29, 1.82) is 0 Å². The predicted octanol–water partition coefficient (Wildman–Crippen LogP) is 2.76. The van der Waals surface area contributed by atoms with Gasteiger partial charge in [-0.2, -0.15) is 4.98 Å². The maximum absolute atomic E-state index is 13.3. The van der Waals surface area contributed by atoms with Crippen LogP contribution in [0, 0.1) is 12.7 Å². The number of hydrogen-bond donors (Lipinski definition) is 1. The Balaban J connectivity index is 0.00000180. The zero-order valence-corrected chi connectivity index (χ0v) is 11.9. The molecule has 19 heavy (non-hydrogen) atoms. The van der Waals surface area contributed by atoms with Crippen LogP contribution in [-0.2, 0) is 6.42 Å². The molecule has 1 aromatic heterocycles. The molecule has 4 nitrogen and oxygen atoms in total. The first-order valence-corrected chi connectivity index (χ1v) is 5.86. The molecule has 0 fully saturated rings. The van der Waals surface area contributed by atoms with E-state index in [1.807, 2.05) is 27.0 Å². The molecular weight excluding hydrogens is 269 g/mol. The minimum Gasteiger partial charge on any atom is -0.334 e. The second-order valence-electron chi connectivity index (χ2n) is 4.43. The van der Waals surface area contributed by atoms with Gasteiger partial charge in [-0.1, -0.05) is 5.16 Å². The van der Waals surface area contributed by atoms with Crippen molar-refractivity contribution in [2.75, 3.05) is 7.05 Å². The Morgan fingerprint density at radius 1 is 1.37 bits per heavy atom. The Kier molecular flexibility index (Phi) is 5.44. The first-order valence-electron chi connectivity index (χ1n) is 5.86. The summed E-state index contributed by atoms with van der Waals surface area (Å²) in [6.45, 7) is 3.86. The number of nitrogens with zero attached hydrogens (tertiary/aromatic N) is 2. The highest BCUT2D eigenvalue weighted by atomic mass is 35.5. The van der Waals surface area contributed by atoms with Gasteiger partial charge in [-0.15, -0.1) is 12.4 Å². The van der Waals surface area contributed by atoms with Gasteiger partial charge in [0.15, 0.2) is 5.82 Å². The third-order valence-corrected chi connectivity index (χ3v) is 2.74. The molecule has 6 heteroatoms. The average molecular weight is 286 g/mol.